The Balaban J connectivity index is 2.21. The van der Waals surface area contributed by atoms with Gasteiger partial charge < -0.3 is 5.32 Å². The van der Waals surface area contributed by atoms with Gasteiger partial charge in [0.25, 0.3) is 0 Å². The van der Waals surface area contributed by atoms with Crippen LogP contribution in [0.25, 0.3) is 0 Å². The van der Waals surface area contributed by atoms with Crippen molar-refractivity contribution >= 4 is 0 Å². The van der Waals surface area contributed by atoms with Crippen molar-refractivity contribution in [1.82, 2.24) is 5.32 Å². The molecule has 0 bridgehead atoms. The first-order valence-corrected chi connectivity index (χ1v) is 4.62. The van der Waals surface area contributed by atoms with Crippen LogP contribution in [0.1, 0.15) is 19.3 Å². The van der Waals surface area contributed by atoms with Crippen LogP contribution in [-0.4, -0.2) is 13.1 Å². The molecule has 1 N–H and O–H groups in total. The summed E-state index contributed by atoms with van der Waals surface area (Å²) < 4.78 is 0. The zero-order chi connectivity index (χ0) is 8.39. The predicted octanol–water partition coefficient (Wildman–Crippen LogP) is 2.18. The molecule has 0 radical (unpaired) electrons. The maximum absolute atomic E-state index is 3.33. The average Bonchev–Trinajstić information content (AvgIpc) is 2.37. The van der Waals surface area contributed by atoms with Gasteiger partial charge in [0.05, 0.1) is 0 Å². The van der Waals surface area contributed by atoms with E-state index >= 15 is 0 Å². The van der Waals surface area contributed by atoms with Crippen molar-refractivity contribution < 1.29 is 0 Å². The van der Waals surface area contributed by atoms with Crippen LogP contribution in [0.15, 0.2) is 35.5 Å². The van der Waals surface area contributed by atoms with Crippen molar-refractivity contribution in [1.29, 1.82) is 0 Å². The summed E-state index contributed by atoms with van der Waals surface area (Å²) in [6.45, 7) is 0. The molecule has 0 aliphatic heterocycles. The highest BCUT2D eigenvalue weighted by Gasteiger charge is 2.21. The van der Waals surface area contributed by atoms with E-state index in [0.29, 0.717) is 6.04 Å². The fourth-order valence-electron chi connectivity index (χ4n) is 1.93. The maximum Gasteiger partial charge on any atom is 0.0145 e. The van der Waals surface area contributed by atoms with Gasteiger partial charge in [-0.2, -0.15) is 0 Å². The Hall–Kier alpha value is -0.820. The number of nitrogens with one attached hydrogen (secondary N) is 1. The van der Waals surface area contributed by atoms with E-state index in [9.17, 15) is 0 Å². The SMILES string of the molecule is CNC1CC2=CC=CCC=C2C1. The number of allylic oxidation sites excluding steroid dienone is 4. The fraction of sp³-hybridized carbons (Fsp3) is 0.455. The number of hydrogen-bond donors (Lipinski definition) is 1. The van der Waals surface area contributed by atoms with Crippen molar-refractivity contribution in [2.24, 2.45) is 0 Å². The molecular weight excluding hydrogens is 146 g/mol. The van der Waals surface area contributed by atoms with Crippen LogP contribution in [0.3, 0.4) is 0 Å². The molecule has 1 fully saturated rings. The summed E-state index contributed by atoms with van der Waals surface area (Å²) in [6.07, 6.45) is 12.5. The minimum Gasteiger partial charge on any atom is -0.316 e. The van der Waals surface area contributed by atoms with E-state index in [-0.39, 0.29) is 0 Å². The summed E-state index contributed by atoms with van der Waals surface area (Å²) in [5, 5.41) is 3.33. The summed E-state index contributed by atoms with van der Waals surface area (Å²) >= 11 is 0. The fourth-order valence-corrected chi connectivity index (χ4v) is 1.93. The largest absolute Gasteiger partial charge is 0.316 e. The monoisotopic (exact) mass is 161 g/mol. The second-order valence-electron chi connectivity index (χ2n) is 3.48. The van der Waals surface area contributed by atoms with Gasteiger partial charge in [-0.1, -0.05) is 24.3 Å². The highest BCUT2D eigenvalue weighted by molar-refractivity contribution is 5.41. The van der Waals surface area contributed by atoms with Crippen molar-refractivity contribution in [2.45, 2.75) is 25.3 Å². The molecule has 1 saturated carbocycles. The predicted molar refractivity (Wildman–Crippen MR) is 52.0 cm³/mol. The van der Waals surface area contributed by atoms with E-state index in [0.717, 1.165) is 6.42 Å². The van der Waals surface area contributed by atoms with Crippen LogP contribution >= 0.6 is 0 Å². The molecule has 1 atom stereocenters. The van der Waals surface area contributed by atoms with Crippen molar-refractivity contribution in [3.8, 4) is 0 Å². The van der Waals surface area contributed by atoms with E-state index in [4.69, 9.17) is 0 Å². The first-order chi connectivity index (χ1) is 5.90. The van der Waals surface area contributed by atoms with Gasteiger partial charge in [0.2, 0.25) is 0 Å². The topological polar surface area (TPSA) is 12.0 Å². The molecule has 2 rings (SSSR count). The Labute approximate surface area is 73.9 Å². The molecule has 0 aromatic rings. The van der Waals surface area contributed by atoms with Gasteiger partial charge in [-0.15, -0.1) is 0 Å². The van der Waals surface area contributed by atoms with Crippen molar-refractivity contribution in [3.05, 3.63) is 35.5 Å². The second kappa shape index (κ2) is 3.28. The lowest BCUT2D eigenvalue weighted by Crippen LogP contribution is -2.20. The smallest absolute Gasteiger partial charge is 0.0145 e. The zero-order valence-electron chi connectivity index (χ0n) is 7.51. The summed E-state index contributed by atoms with van der Waals surface area (Å²) in [7, 11) is 2.05. The molecule has 1 unspecified atom stereocenters. The van der Waals surface area contributed by atoms with Gasteiger partial charge in [0.1, 0.15) is 0 Å². The van der Waals surface area contributed by atoms with Gasteiger partial charge in [0.15, 0.2) is 0 Å². The van der Waals surface area contributed by atoms with Gasteiger partial charge >= 0.3 is 0 Å². The van der Waals surface area contributed by atoms with Gasteiger partial charge in [-0.3, -0.25) is 0 Å². The van der Waals surface area contributed by atoms with Crippen LogP contribution < -0.4 is 5.32 Å². The minimum atomic E-state index is 0.675. The minimum absolute atomic E-state index is 0.675. The summed E-state index contributed by atoms with van der Waals surface area (Å²) in [6, 6.07) is 0.675. The highest BCUT2D eigenvalue weighted by atomic mass is 14.9. The molecule has 0 amide bonds. The summed E-state index contributed by atoms with van der Waals surface area (Å²) in [5.74, 6) is 0. The molecule has 0 heterocycles. The first-order valence-electron chi connectivity index (χ1n) is 4.62. The molecule has 0 aromatic heterocycles. The lowest BCUT2D eigenvalue weighted by molar-refractivity contribution is 0.602. The molecular formula is C11H15N. The average molecular weight is 161 g/mol. The lowest BCUT2D eigenvalue weighted by atomic mass is 10.1. The van der Waals surface area contributed by atoms with Gasteiger partial charge in [-0.25, -0.2) is 0 Å². The Bertz CT molecular complexity index is 258. The van der Waals surface area contributed by atoms with Crippen LogP contribution in [-0.2, 0) is 0 Å². The molecule has 0 aromatic carbocycles. The summed E-state index contributed by atoms with van der Waals surface area (Å²) in [5.41, 5.74) is 3.09. The third kappa shape index (κ3) is 1.37. The Morgan fingerprint density at radius 2 is 2.17 bits per heavy atom. The van der Waals surface area contributed by atoms with Crippen LogP contribution in [0.4, 0.5) is 0 Å². The third-order valence-corrected chi connectivity index (χ3v) is 2.69. The van der Waals surface area contributed by atoms with Crippen LogP contribution in [0, 0.1) is 0 Å². The highest BCUT2D eigenvalue weighted by Crippen LogP contribution is 2.31. The summed E-state index contributed by atoms with van der Waals surface area (Å²) in [4.78, 5) is 0. The normalized spacial score (nSPS) is 27.6. The number of rotatable bonds is 1. The molecule has 64 valence electrons. The maximum atomic E-state index is 3.33. The van der Waals surface area contributed by atoms with Crippen LogP contribution in [0.5, 0.6) is 0 Å². The molecule has 2 aliphatic rings. The van der Waals surface area contributed by atoms with Crippen LogP contribution in [0.2, 0.25) is 0 Å². The van der Waals surface area contributed by atoms with Crippen molar-refractivity contribution in [3.63, 3.8) is 0 Å². The zero-order valence-corrected chi connectivity index (χ0v) is 7.51. The van der Waals surface area contributed by atoms with E-state index < -0.39 is 0 Å². The Kier molecular flexibility index (Phi) is 2.13. The molecule has 1 nitrogen and oxygen atoms in total. The van der Waals surface area contributed by atoms with E-state index in [1.54, 1.807) is 5.57 Å². The number of fused-ring (bicyclic) bond motifs is 1. The third-order valence-electron chi connectivity index (χ3n) is 2.69. The van der Waals surface area contributed by atoms with Crippen molar-refractivity contribution in [2.75, 3.05) is 7.05 Å². The molecule has 1 heteroatoms. The molecule has 0 saturated heterocycles. The molecule has 12 heavy (non-hydrogen) atoms. The quantitative estimate of drug-likeness (QED) is 0.621. The van der Waals surface area contributed by atoms with E-state index in [1.807, 2.05) is 7.05 Å². The second-order valence-corrected chi connectivity index (χ2v) is 3.48. The number of hydrogen-bond acceptors (Lipinski definition) is 1. The Morgan fingerprint density at radius 3 is 3.00 bits per heavy atom. The standard InChI is InChI=1S/C11H15N/c1-12-11-7-9-5-3-2-4-6-10(9)8-11/h2-3,5-6,11-12H,4,7-8H2,1H3. The Morgan fingerprint density at radius 1 is 1.33 bits per heavy atom. The first kappa shape index (κ1) is 7.81. The van der Waals surface area contributed by atoms with E-state index in [2.05, 4.69) is 29.6 Å². The van der Waals surface area contributed by atoms with Gasteiger partial charge in [-0.05, 0) is 37.5 Å². The van der Waals surface area contributed by atoms with E-state index in [1.165, 1.54) is 18.4 Å². The molecule has 0 spiro atoms. The van der Waals surface area contributed by atoms with Gasteiger partial charge in [0, 0.05) is 6.04 Å². The lowest BCUT2D eigenvalue weighted by Gasteiger charge is -2.03. The molecule has 2 aliphatic carbocycles.